The van der Waals surface area contributed by atoms with E-state index in [9.17, 15) is 4.39 Å². The highest BCUT2D eigenvalue weighted by molar-refractivity contribution is 9.10. The smallest absolute Gasteiger partial charge is 0.126 e. The van der Waals surface area contributed by atoms with Crippen molar-refractivity contribution in [3.8, 4) is 0 Å². The summed E-state index contributed by atoms with van der Waals surface area (Å²) in [6.45, 7) is 2.05. The zero-order valence-corrected chi connectivity index (χ0v) is 12.8. The van der Waals surface area contributed by atoms with E-state index >= 15 is 0 Å². The summed E-state index contributed by atoms with van der Waals surface area (Å²) in [4.78, 5) is 0. The van der Waals surface area contributed by atoms with Gasteiger partial charge in [0.15, 0.2) is 0 Å². The van der Waals surface area contributed by atoms with Crippen LogP contribution in [0.2, 0.25) is 0 Å². The van der Waals surface area contributed by atoms with Crippen molar-refractivity contribution in [3.05, 3.63) is 34.1 Å². The van der Waals surface area contributed by atoms with E-state index in [0.717, 1.165) is 22.9 Å². The van der Waals surface area contributed by atoms with E-state index in [4.69, 9.17) is 4.74 Å². The average molecular weight is 318 g/mol. The van der Waals surface area contributed by atoms with Gasteiger partial charge in [0, 0.05) is 17.6 Å². The van der Waals surface area contributed by atoms with E-state index in [-0.39, 0.29) is 18.0 Å². The van der Waals surface area contributed by atoms with Crippen LogP contribution in [-0.2, 0) is 11.2 Å². The molecule has 0 aromatic heterocycles. The first-order valence-electron chi connectivity index (χ1n) is 6.20. The van der Waals surface area contributed by atoms with E-state index in [0.29, 0.717) is 6.42 Å². The minimum atomic E-state index is -0.141. The zero-order chi connectivity index (χ0) is 13.5. The Morgan fingerprint density at radius 2 is 2.11 bits per heavy atom. The van der Waals surface area contributed by atoms with Crippen LogP contribution in [0.4, 0.5) is 4.39 Å². The maximum absolute atomic E-state index is 13.7. The molecule has 0 heterocycles. The quantitative estimate of drug-likeness (QED) is 0.830. The topological polar surface area (TPSA) is 21.3 Å². The number of methoxy groups -OCH3 is 1. The number of halogens is 2. The second-order valence-corrected chi connectivity index (χ2v) is 5.46. The van der Waals surface area contributed by atoms with Gasteiger partial charge in [-0.1, -0.05) is 15.9 Å². The van der Waals surface area contributed by atoms with Gasteiger partial charge in [-0.25, -0.2) is 4.39 Å². The molecular formula is C14H21BrFNO. The van der Waals surface area contributed by atoms with Crippen LogP contribution in [0, 0.1) is 5.82 Å². The normalized spacial score (nSPS) is 14.5. The van der Waals surface area contributed by atoms with Gasteiger partial charge in [0.1, 0.15) is 5.82 Å². The minimum Gasteiger partial charge on any atom is -0.382 e. The number of hydrogen-bond donors (Lipinski definition) is 1. The summed E-state index contributed by atoms with van der Waals surface area (Å²) in [7, 11) is 3.63. The Hall–Kier alpha value is -0.450. The first-order valence-corrected chi connectivity index (χ1v) is 7.00. The first-order chi connectivity index (χ1) is 8.56. The third-order valence-electron chi connectivity index (χ3n) is 3.21. The fourth-order valence-corrected chi connectivity index (χ4v) is 2.28. The van der Waals surface area contributed by atoms with Crippen LogP contribution in [0.3, 0.4) is 0 Å². The summed E-state index contributed by atoms with van der Waals surface area (Å²) >= 11 is 3.37. The molecule has 2 atom stereocenters. The van der Waals surface area contributed by atoms with Crippen LogP contribution < -0.4 is 5.32 Å². The SMILES string of the molecule is CNC(CCC(C)OC)Cc1cc(Br)ccc1F. The van der Waals surface area contributed by atoms with Crippen molar-refractivity contribution < 1.29 is 9.13 Å². The van der Waals surface area contributed by atoms with Crippen LogP contribution in [-0.4, -0.2) is 26.3 Å². The molecule has 0 fully saturated rings. The van der Waals surface area contributed by atoms with E-state index in [1.807, 2.05) is 20.0 Å². The lowest BCUT2D eigenvalue weighted by molar-refractivity contribution is 0.106. The monoisotopic (exact) mass is 317 g/mol. The molecular weight excluding hydrogens is 297 g/mol. The molecule has 0 aliphatic heterocycles. The lowest BCUT2D eigenvalue weighted by Crippen LogP contribution is -2.29. The van der Waals surface area contributed by atoms with Gasteiger partial charge in [-0.05, 0) is 57.0 Å². The average Bonchev–Trinajstić information content (AvgIpc) is 2.37. The predicted molar refractivity (Wildman–Crippen MR) is 76.4 cm³/mol. The summed E-state index contributed by atoms with van der Waals surface area (Å²) < 4.78 is 19.8. The number of hydrogen-bond acceptors (Lipinski definition) is 2. The van der Waals surface area contributed by atoms with Gasteiger partial charge in [-0.3, -0.25) is 0 Å². The Balaban J connectivity index is 2.59. The Morgan fingerprint density at radius 1 is 1.39 bits per heavy atom. The molecule has 0 aliphatic rings. The Morgan fingerprint density at radius 3 is 2.72 bits per heavy atom. The van der Waals surface area contributed by atoms with Crippen molar-refractivity contribution in [1.82, 2.24) is 5.32 Å². The van der Waals surface area contributed by atoms with Gasteiger partial charge < -0.3 is 10.1 Å². The fraction of sp³-hybridized carbons (Fsp3) is 0.571. The highest BCUT2D eigenvalue weighted by Gasteiger charge is 2.12. The first kappa shape index (κ1) is 15.6. The molecule has 2 unspecified atom stereocenters. The van der Waals surface area contributed by atoms with Crippen LogP contribution in [0.15, 0.2) is 22.7 Å². The number of likely N-dealkylation sites (N-methyl/N-ethyl adjacent to an activating group) is 1. The minimum absolute atomic E-state index is 0.141. The highest BCUT2D eigenvalue weighted by Crippen LogP contribution is 2.18. The Bertz CT molecular complexity index is 373. The summed E-state index contributed by atoms with van der Waals surface area (Å²) in [6, 6.07) is 5.34. The highest BCUT2D eigenvalue weighted by atomic mass is 79.9. The molecule has 0 saturated carbocycles. The van der Waals surface area contributed by atoms with Crippen molar-refractivity contribution in [2.45, 2.75) is 38.3 Å². The predicted octanol–water partition coefficient (Wildman–Crippen LogP) is 3.53. The summed E-state index contributed by atoms with van der Waals surface area (Å²) in [5.74, 6) is -0.141. The van der Waals surface area contributed by atoms with Crippen LogP contribution >= 0.6 is 15.9 Å². The second kappa shape index (κ2) is 7.87. The van der Waals surface area contributed by atoms with Crippen LogP contribution in [0.1, 0.15) is 25.3 Å². The largest absolute Gasteiger partial charge is 0.382 e. The molecule has 1 N–H and O–H groups in total. The third kappa shape index (κ3) is 5.04. The van der Waals surface area contributed by atoms with E-state index in [2.05, 4.69) is 21.2 Å². The maximum atomic E-state index is 13.7. The lowest BCUT2D eigenvalue weighted by Gasteiger charge is -2.18. The van der Waals surface area contributed by atoms with Crippen molar-refractivity contribution >= 4 is 15.9 Å². The number of nitrogens with one attached hydrogen (secondary N) is 1. The molecule has 0 amide bonds. The van der Waals surface area contributed by atoms with Crippen LogP contribution in [0.25, 0.3) is 0 Å². The molecule has 1 aromatic carbocycles. The van der Waals surface area contributed by atoms with Gasteiger partial charge in [-0.2, -0.15) is 0 Å². The van der Waals surface area contributed by atoms with Gasteiger partial charge in [-0.15, -0.1) is 0 Å². The molecule has 0 spiro atoms. The number of rotatable bonds is 7. The van der Waals surface area contributed by atoms with Crippen molar-refractivity contribution in [2.24, 2.45) is 0 Å². The van der Waals surface area contributed by atoms with E-state index < -0.39 is 0 Å². The fourth-order valence-electron chi connectivity index (χ4n) is 1.87. The number of benzene rings is 1. The molecule has 1 rings (SSSR count). The Labute approximate surface area is 117 Å². The molecule has 1 aromatic rings. The molecule has 18 heavy (non-hydrogen) atoms. The third-order valence-corrected chi connectivity index (χ3v) is 3.70. The molecule has 4 heteroatoms. The molecule has 0 saturated heterocycles. The molecule has 0 radical (unpaired) electrons. The molecule has 0 aliphatic carbocycles. The van der Waals surface area contributed by atoms with Gasteiger partial charge in [0.05, 0.1) is 6.10 Å². The van der Waals surface area contributed by atoms with E-state index in [1.54, 1.807) is 13.2 Å². The number of ether oxygens (including phenoxy) is 1. The maximum Gasteiger partial charge on any atom is 0.126 e. The molecule has 102 valence electrons. The van der Waals surface area contributed by atoms with Crippen molar-refractivity contribution in [1.29, 1.82) is 0 Å². The standard InChI is InChI=1S/C14H21BrFNO/c1-10(18-3)4-6-13(17-2)9-11-8-12(15)5-7-14(11)16/h5,7-8,10,13,17H,4,6,9H2,1-3H3. The van der Waals surface area contributed by atoms with Gasteiger partial charge in [0.2, 0.25) is 0 Å². The molecule has 0 bridgehead atoms. The van der Waals surface area contributed by atoms with Crippen molar-refractivity contribution in [2.75, 3.05) is 14.2 Å². The van der Waals surface area contributed by atoms with Crippen molar-refractivity contribution in [3.63, 3.8) is 0 Å². The lowest BCUT2D eigenvalue weighted by atomic mass is 10.00. The second-order valence-electron chi connectivity index (χ2n) is 4.55. The molecule has 2 nitrogen and oxygen atoms in total. The summed E-state index contributed by atoms with van der Waals surface area (Å²) in [6.07, 6.45) is 2.88. The Kier molecular flexibility index (Phi) is 6.82. The van der Waals surface area contributed by atoms with Crippen LogP contribution in [0.5, 0.6) is 0 Å². The summed E-state index contributed by atoms with van der Waals surface area (Å²) in [5.41, 5.74) is 0.744. The van der Waals surface area contributed by atoms with Gasteiger partial charge in [0.25, 0.3) is 0 Å². The van der Waals surface area contributed by atoms with Gasteiger partial charge >= 0.3 is 0 Å². The summed E-state index contributed by atoms with van der Waals surface area (Å²) in [5, 5.41) is 3.24. The zero-order valence-electron chi connectivity index (χ0n) is 11.2. The van der Waals surface area contributed by atoms with E-state index in [1.165, 1.54) is 6.07 Å².